The van der Waals surface area contributed by atoms with E-state index in [0.29, 0.717) is 12.2 Å². The Hall–Kier alpha value is -2.87. The Morgan fingerprint density at radius 3 is 2.91 bits per heavy atom. The number of hydrogen-bond donors (Lipinski definition) is 2. The molecule has 0 saturated carbocycles. The average molecular weight is 311 g/mol. The van der Waals surface area contributed by atoms with Gasteiger partial charge in [0.1, 0.15) is 0 Å². The van der Waals surface area contributed by atoms with E-state index >= 15 is 0 Å². The topological polar surface area (TPSA) is 94.0 Å². The van der Waals surface area contributed by atoms with Gasteiger partial charge in [0.15, 0.2) is 10.9 Å². The molecule has 0 fully saturated rings. The standard InChI is InChI=1S/C14H13N7S/c15-14(22)18-16-8-7-13-17-19-20-21(13)12-6-5-10-3-1-2-4-11(10)9-12/h1-6,8-9H,7H2,(H3,15,18,22)/b16-8+. The summed E-state index contributed by atoms with van der Waals surface area (Å²) in [6.07, 6.45) is 2.07. The fourth-order valence-corrected chi connectivity index (χ4v) is 2.13. The molecule has 0 saturated heterocycles. The zero-order chi connectivity index (χ0) is 15.4. The van der Waals surface area contributed by atoms with E-state index in [2.05, 4.69) is 50.4 Å². The highest BCUT2D eigenvalue weighted by Gasteiger charge is 2.07. The fourth-order valence-electron chi connectivity index (χ4n) is 2.08. The van der Waals surface area contributed by atoms with Gasteiger partial charge in [-0.1, -0.05) is 30.3 Å². The first-order chi connectivity index (χ1) is 10.7. The molecular formula is C14H13N7S. The van der Waals surface area contributed by atoms with Crippen LogP contribution in [0.5, 0.6) is 0 Å². The van der Waals surface area contributed by atoms with Crippen LogP contribution in [-0.4, -0.2) is 31.5 Å². The number of nitrogens with zero attached hydrogens (tertiary/aromatic N) is 5. The Morgan fingerprint density at radius 2 is 2.09 bits per heavy atom. The predicted octanol–water partition coefficient (Wildman–Crippen LogP) is 1.18. The van der Waals surface area contributed by atoms with Gasteiger partial charge in [0, 0.05) is 12.6 Å². The van der Waals surface area contributed by atoms with Crippen LogP contribution >= 0.6 is 12.2 Å². The van der Waals surface area contributed by atoms with Crippen molar-refractivity contribution in [3.63, 3.8) is 0 Å². The molecule has 0 bridgehead atoms. The molecule has 110 valence electrons. The second kappa shape index (κ2) is 6.27. The SMILES string of the molecule is NC(=S)N/N=C/Cc1nnnn1-c1ccc2ccccc2c1. The number of benzene rings is 2. The van der Waals surface area contributed by atoms with Crippen molar-refractivity contribution in [1.29, 1.82) is 0 Å². The lowest BCUT2D eigenvalue weighted by Crippen LogP contribution is -2.24. The van der Waals surface area contributed by atoms with Gasteiger partial charge in [0.25, 0.3) is 0 Å². The molecule has 22 heavy (non-hydrogen) atoms. The monoisotopic (exact) mass is 311 g/mol. The molecule has 0 aliphatic carbocycles. The van der Waals surface area contributed by atoms with E-state index in [9.17, 15) is 0 Å². The summed E-state index contributed by atoms with van der Waals surface area (Å²) in [5.41, 5.74) is 8.68. The van der Waals surface area contributed by atoms with Gasteiger partial charge in [-0.2, -0.15) is 9.78 Å². The third-order valence-electron chi connectivity index (χ3n) is 3.05. The van der Waals surface area contributed by atoms with Crippen molar-refractivity contribution in [2.45, 2.75) is 6.42 Å². The summed E-state index contributed by atoms with van der Waals surface area (Å²) in [6.45, 7) is 0. The molecule has 3 aromatic rings. The lowest BCUT2D eigenvalue weighted by molar-refractivity contribution is 0.776. The van der Waals surface area contributed by atoms with Crippen molar-refractivity contribution in [3.8, 4) is 5.69 Å². The Bertz CT molecular complexity index is 840. The van der Waals surface area contributed by atoms with Gasteiger partial charge in [0.05, 0.1) is 5.69 Å². The summed E-state index contributed by atoms with van der Waals surface area (Å²) < 4.78 is 1.68. The third-order valence-corrected chi connectivity index (χ3v) is 3.14. The van der Waals surface area contributed by atoms with Crippen molar-refractivity contribution in [2.24, 2.45) is 10.8 Å². The number of fused-ring (bicyclic) bond motifs is 1. The van der Waals surface area contributed by atoms with Crippen LogP contribution in [0.4, 0.5) is 0 Å². The molecule has 2 aromatic carbocycles. The van der Waals surface area contributed by atoms with E-state index in [1.54, 1.807) is 10.9 Å². The Kier molecular flexibility index (Phi) is 4.01. The second-order valence-electron chi connectivity index (χ2n) is 4.53. The molecule has 0 aliphatic heterocycles. The first-order valence-corrected chi connectivity index (χ1v) is 6.98. The lowest BCUT2D eigenvalue weighted by atomic mass is 10.1. The molecule has 1 heterocycles. The quantitative estimate of drug-likeness (QED) is 0.427. The van der Waals surface area contributed by atoms with E-state index < -0.39 is 0 Å². The molecular weight excluding hydrogens is 298 g/mol. The summed E-state index contributed by atoms with van der Waals surface area (Å²) >= 11 is 4.66. The maximum Gasteiger partial charge on any atom is 0.184 e. The highest BCUT2D eigenvalue weighted by molar-refractivity contribution is 7.80. The molecule has 3 N–H and O–H groups in total. The summed E-state index contributed by atoms with van der Waals surface area (Å²) in [6, 6.07) is 14.2. The van der Waals surface area contributed by atoms with Crippen LogP contribution < -0.4 is 11.2 Å². The minimum atomic E-state index is 0.116. The number of aromatic nitrogens is 4. The Balaban J connectivity index is 1.86. The number of hydrogen-bond acceptors (Lipinski definition) is 5. The Morgan fingerprint density at radius 1 is 1.27 bits per heavy atom. The largest absolute Gasteiger partial charge is 0.375 e. The van der Waals surface area contributed by atoms with Gasteiger partial charge in [-0.3, -0.25) is 5.43 Å². The van der Waals surface area contributed by atoms with Crippen LogP contribution in [-0.2, 0) is 6.42 Å². The van der Waals surface area contributed by atoms with Crippen LogP contribution in [0.15, 0.2) is 47.6 Å². The van der Waals surface area contributed by atoms with E-state index in [-0.39, 0.29) is 5.11 Å². The normalized spacial score (nSPS) is 11.1. The highest BCUT2D eigenvalue weighted by Crippen LogP contribution is 2.18. The smallest absolute Gasteiger partial charge is 0.184 e. The van der Waals surface area contributed by atoms with Gasteiger partial charge in [-0.25, -0.2) is 0 Å². The predicted molar refractivity (Wildman–Crippen MR) is 88.8 cm³/mol. The second-order valence-corrected chi connectivity index (χ2v) is 4.97. The van der Waals surface area contributed by atoms with Crippen LogP contribution in [0.3, 0.4) is 0 Å². The molecule has 8 heteroatoms. The molecule has 1 aromatic heterocycles. The van der Waals surface area contributed by atoms with Crippen LogP contribution in [0, 0.1) is 0 Å². The summed E-state index contributed by atoms with van der Waals surface area (Å²) in [7, 11) is 0. The Labute approximate surface area is 131 Å². The minimum Gasteiger partial charge on any atom is -0.375 e. The van der Waals surface area contributed by atoms with Crippen molar-refractivity contribution in [3.05, 3.63) is 48.3 Å². The molecule has 0 radical (unpaired) electrons. The van der Waals surface area contributed by atoms with Gasteiger partial charge in [-0.15, -0.1) is 5.10 Å². The summed E-state index contributed by atoms with van der Waals surface area (Å²) in [5, 5.41) is 18.1. The molecule has 7 nitrogen and oxygen atoms in total. The summed E-state index contributed by atoms with van der Waals surface area (Å²) in [4.78, 5) is 0. The van der Waals surface area contributed by atoms with Crippen molar-refractivity contribution >= 4 is 34.3 Å². The number of rotatable bonds is 4. The first kappa shape index (κ1) is 14.1. The number of hydrazone groups is 1. The van der Waals surface area contributed by atoms with Crippen molar-refractivity contribution < 1.29 is 0 Å². The molecule has 0 amide bonds. The van der Waals surface area contributed by atoms with Crippen molar-refractivity contribution in [1.82, 2.24) is 25.6 Å². The van der Waals surface area contributed by atoms with Crippen LogP contribution in [0.25, 0.3) is 16.5 Å². The van der Waals surface area contributed by atoms with E-state index in [4.69, 9.17) is 5.73 Å². The van der Waals surface area contributed by atoms with Crippen molar-refractivity contribution in [2.75, 3.05) is 0 Å². The van der Waals surface area contributed by atoms with Gasteiger partial charge < -0.3 is 5.73 Å². The lowest BCUT2D eigenvalue weighted by Gasteiger charge is -2.05. The molecule has 3 rings (SSSR count). The molecule has 0 aliphatic rings. The average Bonchev–Trinajstić information content (AvgIpc) is 2.99. The maximum absolute atomic E-state index is 5.29. The zero-order valence-corrected chi connectivity index (χ0v) is 12.4. The van der Waals surface area contributed by atoms with Gasteiger partial charge >= 0.3 is 0 Å². The van der Waals surface area contributed by atoms with Gasteiger partial charge in [0.2, 0.25) is 0 Å². The number of tetrazole rings is 1. The third kappa shape index (κ3) is 3.07. The van der Waals surface area contributed by atoms with E-state index in [0.717, 1.165) is 11.1 Å². The maximum atomic E-state index is 5.29. The molecule has 0 unspecified atom stereocenters. The minimum absolute atomic E-state index is 0.116. The van der Waals surface area contributed by atoms with E-state index in [1.165, 1.54) is 5.39 Å². The number of nitrogens with two attached hydrogens (primary N) is 1. The number of thiocarbonyl (C=S) groups is 1. The van der Waals surface area contributed by atoms with E-state index in [1.807, 2.05) is 30.3 Å². The summed E-state index contributed by atoms with van der Waals surface area (Å²) in [5.74, 6) is 0.670. The van der Waals surface area contributed by atoms with Crippen LogP contribution in [0.1, 0.15) is 5.82 Å². The fraction of sp³-hybridized carbons (Fsp3) is 0.0714. The molecule has 0 spiro atoms. The first-order valence-electron chi connectivity index (χ1n) is 6.57. The molecule has 0 atom stereocenters. The van der Waals surface area contributed by atoms with Crippen LogP contribution in [0.2, 0.25) is 0 Å². The zero-order valence-electron chi connectivity index (χ0n) is 11.5. The number of nitrogens with one attached hydrogen (secondary N) is 1. The highest BCUT2D eigenvalue weighted by atomic mass is 32.1. The van der Waals surface area contributed by atoms with Gasteiger partial charge in [-0.05, 0) is 45.5 Å².